The summed E-state index contributed by atoms with van der Waals surface area (Å²) in [6.45, 7) is 2.43. The third kappa shape index (κ3) is 6.20. The summed E-state index contributed by atoms with van der Waals surface area (Å²) in [6, 6.07) is 21.8. The molecule has 0 saturated carbocycles. The first-order valence-corrected chi connectivity index (χ1v) is 14.3. The largest absolute Gasteiger partial charge is 0.486 e. The molecule has 1 unspecified atom stereocenters. The molecule has 1 aliphatic rings. The molecular weight excluding hydrogens is 512 g/mol. The van der Waals surface area contributed by atoms with Gasteiger partial charge in [-0.1, -0.05) is 24.3 Å². The molecule has 8 nitrogen and oxygen atoms in total. The summed E-state index contributed by atoms with van der Waals surface area (Å²) in [6.07, 6.45) is 5.23. The fourth-order valence-electron chi connectivity index (χ4n) is 4.82. The first-order chi connectivity index (χ1) is 19.1. The number of aromatic nitrogens is 2. The van der Waals surface area contributed by atoms with Gasteiger partial charge in [0.15, 0.2) is 5.75 Å². The summed E-state index contributed by atoms with van der Waals surface area (Å²) in [5.74, 6) is 2.86. The molecule has 9 heteroatoms. The Morgan fingerprint density at radius 3 is 2.56 bits per heavy atom. The molecule has 5 rings (SSSR count). The Bertz CT molecular complexity index is 1450. The molecule has 1 saturated heterocycles. The third-order valence-corrected chi connectivity index (χ3v) is 7.93. The van der Waals surface area contributed by atoms with Crippen molar-refractivity contribution in [3.63, 3.8) is 0 Å². The Morgan fingerprint density at radius 1 is 1.08 bits per heavy atom. The molecule has 0 radical (unpaired) electrons. The summed E-state index contributed by atoms with van der Waals surface area (Å²) in [7, 11) is 1.98. The topological polar surface area (TPSA) is 85.7 Å². The van der Waals surface area contributed by atoms with Gasteiger partial charge < -0.3 is 18.9 Å². The number of imide groups is 1. The molecular formula is C30H32N4O4S. The lowest BCUT2D eigenvalue weighted by Gasteiger charge is -2.21. The predicted molar refractivity (Wildman–Crippen MR) is 155 cm³/mol. The number of para-hydroxylation sites is 2. The van der Waals surface area contributed by atoms with Gasteiger partial charge in [0.25, 0.3) is 0 Å². The second-order valence-electron chi connectivity index (χ2n) is 9.49. The highest BCUT2D eigenvalue weighted by atomic mass is 32.2. The van der Waals surface area contributed by atoms with Gasteiger partial charge in [-0.2, -0.15) is 11.8 Å². The quantitative estimate of drug-likeness (QED) is 0.263. The van der Waals surface area contributed by atoms with Crippen LogP contribution in [-0.4, -0.2) is 46.5 Å². The molecule has 1 aromatic heterocycles. The number of ether oxygens (including phenoxy) is 2. The maximum Gasteiger partial charge on any atom is 0.239 e. The fraction of sp³-hybridized carbons (Fsp3) is 0.300. The lowest BCUT2D eigenvalue weighted by atomic mass is 10.1. The molecule has 1 fully saturated rings. The molecule has 1 aliphatic heterocycles. The number of anilines is 1. The highest BCUT2D eigenvalue weighted by Crippen LogP contribution is 2.35. The molecule has 1 N–H and O–H groups in total. The summed E-state index contributed by atoms with van der Waals surface area (Å²) in [4.78, 5) is 29.7. The second-order valence-corrected chi connectivity index (χ2v) is 10.5. The van der Waals surface area contributed by atoms with Crippen molar-refractivity contribution in [2.24, 2.45) is 7.05 Å². The normalized spacial score (nSPS) is 13.8. The van der Waals surface area contributed by atoms with Gasteiger partial charge in [-0.05, 0) is 67.5 Å². The maximum absolute atomic E-state index is 12.0. The highest BCUT2D eigenvalue weighted by molar-refractivity contribution is 7.99. The molecule has 202 valence electrons. The number of carbonyl (C=O) groups excluding carboxylic acids is 2. The standard InChI is InChI=1S/C30H32N4O4S/c1-33-26-18-23(38-27-8-4-3-7-25(27)34-15-5-6-16-34)13-14-24(26)32-29(33)19-37-22-11-9-21(10-12-22)17-28(39-2)30(36)31-20-35/h3-4,7-14,18,20,28H,5-6,15-17,19H2,1-2H3,(H,31,35,36). The molecule has 3 aromatic carbocycles. The van der Waals surface area contributed by atoms with Crippen molar-refractivity contribution in [3.05, 3.63) is 78.1 Å². The summed E-state index contributed by atoms with van der Waals surface area (Å²) in [5.41, 5.74) is 3.97. The van der Waals surface area contributed by atoms with Crippen molar-refractivity contribution in [1.82, 2.24) is 14.9 Å². The molecule has 0 bridgehead atoms. The molecule has 2 heterocycles. The van der Waals surface area contributed by atoms with E-state index in [9.17, 15) is 9.59 Å². The Hall–Kier alpha value is -3.98. The number of imidazole rings is 1. The minimum atomic E-state index is -0.329. The van der Waals surface area contributed by atoms with Crippen LogP contribution in [0.4, 0.5) is 5.69 Å². The van der Waals surface area contributed by atoms with Crippen LogP contribution in [0.15, 0.2) is 66.7 Å². The van der Waals surface area contributed by atoms with Crippen LogP contribution in [0.1, 0.15) is 24.2 Å². The van der Waals surface area contributed by atoms with Gasteiger partial charge in [-0.3, -0.25) is 14.9 Å². The molecule has 2 amide bonds. The van der Waals surface area contributed by atoms with Gasteiger partial charge in [0, 0.05) is 26.2 Å². The highest BCUT2D eigenvalue weighted by Gasteiger charge is 2.18. The van der Waals surface area contributed by atoms with Gasteiger partial charge in [0.05, 0.1) is 22.0 Å². The predicted octanol–water partition coefficient (Wildman–Crippen LogP) is 5.09. The van der Waals surface area contributed by atoms with Crippen LogP contribution in [0, 0.1) is 0 Å². The van der Waals surface area contributed by atoms with Crippen LogP contribution in [0.5, 0.6) is 17.2 Å². The number of hydrogen-bond donors (Lipinski definition) is 1. The molecule has 39 heavy (non-hydrogen) atoms. The molecule has 0 aliphatic carbocycles. The maximum atomic E-state index is 12.0. The van der Waals surface area contributed by atoms with Crippen LogP contribution in [0.2, 0.25) is 0 Å². The van der Waals surface area contributed by atoms with Gasteiger partial charge in [-0.25, -0.2) is 4.98 Å². The summed E-state index contributed by atoms with van der Waals surface area (Å²) < 4.78 is 14.4. The number of hydrogen-bond acceptors (Lipinski definition) is 7. The smallest absolute Gasteiger partial charge is 0.239 e. The van der Waals surface area contributed by atoms with E-state index in [1.54, 1.807) is 0 Å². The van der Waals surface area contributed by atoms with Gasteiger partial charge in [-0.15, -0.1) is 0 Å². The Balaban J connectivity index is 1.25. The van der Waals surface area contributed by atoms with Crippen LogP contribution in [-0.2, 0) is 29.7 Å². The lowest BCUT2D eigenvalue weighted by molar-refractivity contribution is -0.124. The second kappa shape index (κ2) is 12.3. The van der Waals surface area contributed by atoms with E-state index in [0.29, 0.717) is 25.2 Å². The van der Waals surface area contributed by atoms with E-state index in [0.717, 1.165) is 52.7 Å². The fourth-order valence-corrected chi connectivity index (χ4v) is 5.46. The summed E-state index contributed by atoms with van der Waals surface area (Å²) >= 11 is 1.41. The number of nitrogens with one attached hydrogen (secondary N) is 1. The summed E-state index contributed by atoms with van der Waals surface area (Å²) in [5, 5.41) is 1.90. The Labute approximate surface area is 232 Å². The SMILES string of the molecule is CSC(Cc1ccc(OCc2nc3ccc(Oc4ccccc4N4CCCC4)cc3n2C)cc1)C(=O)NC=O. The van der Waals surface area contributed by atoms with Crippen molar-refractivity contribution in [3.8, 4) is 17.2 Å². The monoisotopic (exact) mass is 544 g/mol. The van der Waals surface area contributed by atoms with Crippen molar-refractivity contribution in [1.29, 1.82) is 0 Å². The van der Waals surface area contributed by atoms with Crippen molar-refractivity contribution in [2.45, 2.75) is 31.1 Å². The first-order valence-electron chi connectivity index (χ1n) is 13.0. The minimum Gasteiger partial charge on any atom is -0.486 e. The number of carbonyl (C=O) groups is 2. The van der Waals surface area contributed by atoms with E-state index >= 15 is 0 Å². The van der Waals surface area contributed by atoms with Crippen LogP contribution in [0.25, 0.3) is 11.0 Å². The number of thioether (sulfide) groups is 1. The van der Waals surface area contributed by atoms with Crippen molar-refractivity contribution in [2.75, 3.05) is 24.2 Å². The third-order valence-electron chi connectivity index (χ3n) is 6.98. The molecule has 4 aromatic rings. The van der Waals surface area contributed by atoms with Crippen LogP contribution in [0.3, 0.4) is 0 Å². The zero-order valence-electron chi connectivity index (χ0n) is 22.1. The Morgan fingerprint density at radius 2 is 1.82 bits per heavy atom. The van der Waals surface area contributed by atoms with E-state index in [1.807, 2.05) is 72.5 Å². The van der Waals surface area contributed by atoms with Gasteiger partial charge in [0.1, 0.15) is 23.9 Å². The Kier molecular flexibility index (Phi) is 8.36. The number of benzene rings is 3. The first kappa shape index (κ1) is 26.6. The zero-order valence-corrected chi connectivity index (χ0v) is 22.9. The number of rotatable bonds is 11. The zero-order chi connectivity index (χ0) is 27.2. The van der Waals surface area contributed by atoms with E-state index in [4.69, 9.17) is 14.5 Å². The number of amides is 2. The van der Waals surface area contributed by atoms with E-state index in [2.05, 4.69) is 22.3 Å². The van der Waals surface area contributed by atoms with E-state index in [1.165, 1.54) is 24.6 Å². The average molecular weight is 545 g/mol. The van der Waals surface area contributed by atoms with Crippen LogP contribution < -0.4 is 19.7 Å². The molecule has 1 atom stereocenters. The lowest BCUT2D eigenvalue weighted by Crippen LogP contribution is -2.32. The van der Waals surface area contributed by atoms with Crippen LogP contribution >= 0.6 is 11.8 Å². The van der Waals surface area contributed by atoms with E-state index < -0.39 is 0 Å². The average Bonchev–Trinajstić information content (AvgIpc) is 3.60. The number of nitrogens with zero attached hydrogens (tertiary/aromatic N) is 3. The number of aryl methyl sites for hydroxylation is 1. The van der Waals surface area contributed by atoms with E-state index in [-0.39, 0.29) is 11.2 Å². The van der Waals surface area contributed by atoms with Crippen molar-refractivity contribution < 1.29 is 19.1 Å². The minimum absolute atomic E-state index is 0.288. The van der Waals surface area contributed by atoms with Crippen molar-refractivity contribution >= 4 is 40.8 Å². The number of fused-ring (bicyclic) bond motifs is 1. The van der Waals surface area contributed by atoms with Gasteiger partial charge >= 0.3 is 0 Å². The molecule has 0 spiro atoms. The van der Waals surface area contributed by atoms with Gasteiger partial charge in [0.2, 0.25) is 12.3 Å².